The summed E-state index contributed by atoms with van der Waals surface area (Å²) in [6, 6.07) is 11.5. The summed E-state index contributed by atoms with van der Waals surface area (Å²) in [7, 11) is 0. The van der Waals surface area contributed by atoms with Gasteiger partial charge in [-0.25, -0.2) is 14.5 Å². The predicted octanol–water partition coefficient (Wildman–Crippen LogP) is 5.57. The number of aromatic nitrogens is 5. The molecule has 2 saturated heterocycles. The fourth-order valence-corrected chi connectivity index (χ4v) is 7.44. The summed E-state index contributed by atoms with van der Waals surface area (Å²) in [6.45, 7) is 16.1. The average molecular weight is 602 g/mol. The molecule has 3 aliphatic rings. The number of nitrogen functional groups attached to an aromatic ring is 1. The maximum absolute atomic E-state index is 6.78. The van der Waals surface area contributed by atoms with Crippen LogP contribution in [0, 0.1) is 5.92 Å². The zero-order valence-corrected chi connectivity index (χ0v) is 27.1. The molecule has 0 radical (unpaired) electrons. The number of hydrogen-bond acceptors (Lipinski definition) is 8. The van der Waals surface area contributed by atoms with Crippen molar-refractivity contribution in [2.75, 3.05) is 12.3 Å². The van der Waals surface area contributed by atoms with Crippen LogP contribution < -0.4 is 5.73 Å². The number of rotatable bonds is 8. The standard InChI is InChI=1S/C34H47N7O3/c1-19(2)40(22-14-20(15-22)8-13-28-38-23-10-9-21(33(3,4)5)16-24(23)39-28)17-27-30-31(44-34(6,7)43-30)29(42-27)25-11-12-26-32(35)36-18-37-41(25)26/h9-12,16,18-20,22,27,29-31H,8,13-15,17H2,1-7H3,(H,38,39)(H2,35,36,37)/t20-,22-,27-,29+,30-,31+/m1/s1. The monoisotopic (exact) mass is 601 g/mol. The number of benzene rings is 1. The molecule has 0 amide bonds. The lowest BCUT2D eigenvalue weighted by molar-refractivity contribution is -0.191. The lowest BCUT2D eigenvalue weighted by Gasteiger charge is -2.46. The van der Waals surface area contributed by atoms with E-state index in [0.717, 1.165) is 47.5 Å². The lowest BCUT2D eigenvalue weighted by Crippen LogP contribution is -2.52. The number of aromatic amines is 1. The number of hydrogen-bond donors (Lipinski definition) is 2. The number of nitrogens with zero attached hydrogens (tertiary/aromatic N) is 5. The number of nitrogens with two attached hydrogens (primary N) is 1. The second-order valence-corrected chi connectivity index (χ2v) is 14.8. The van der Waals surface area contributed by atoms with Gasteiger partial charge in [0.2, 0.25) is 0 Å². The summed E-state index contributed by atoms with van der Waals surface area (Å²) in [5, 5.41) is 4.47. The predicted molar refractivity (Wildman–Crippen MR) is 170 cm³/mol. The van der Waals surface area contributed by atoms with E-state index in [1.807, 2.05) is 30.5 Å². The van der Waals surface area contributed by atoms with E-state index in [1.54, 1.807) is 0 Å². The van der Waals surface area contributed by atoms with E-state index >= 15 is 0 Å². The number of ether oxygens (including phenoxy) is 3. The Morgan fingerprint density at radius 3 is 2.64 bits per heavy atom. The molecule has 0 unspecified atom stereocenters. The summed E-state index contributed by atoms with van der Waals surface area (Å²) >= 11 is 0. The van der Waals surface area contributed by atoms with Gasteiger partial charge in [0.15, 0.2) is 11.6 Å². The minimum absolute atomic E-state index is 0.119. The molecule has 4 atom stereocenters. The van der Waals surface area contributed by atoms with E-state index in [2.05, 4.69) is 72.8 Å². The van der Waals surface area contributed by atoms with Crippen LogP contribution in [0.25, 0.3) is 16.6 Å². The van der Waals surface area contributed by atoms with Gasteiger partial charge >= 0.3 is 0 Å². The van der Waals surface area contributed by atoms with Crippen molar-refractivity contribution in [1.29, 1.82) is 0 Å². The van der Waals surface area contributed by atoms with Crippen molar-refractivity contribution >= 4 is 22.4 Å². The van der Waals surface area contributed by atoms with Crippen molar-refractivity contribution < 1.29 is 14.2 Å². The third kappa shape index (κ3) is 5.40. The number of fused-ring (bicyclic) bond motifs is 3. The summed E-state index contributed by atoms with van der Waals surface area (Å²) in [4.78, 5) is 15.2. The van der Waals surface area contributed by atoms with Crippen LogP contribution >= 0.6 is 0 Å². The Bertz CT molecular complexity index is 1650. The molecule has 3 fully saturated rings. The highest BCUT2D eigenvalue weighted by molar-refractivity contribution is 5.76. The Morgan fingerprint density at radius 1 is 1.11 bits per heavy atom. The number of aryl methyl sites for hydroxylation is 1. The quantitative estimate of drug-likeness (QED) is 0.270. The molecule has 1 aromatic carbocycles. The van der Waals surface area contributed by atoms with Crippen LogP contribution in [0.2, 0.25) is 0 Å². The molecule has 1 saturated carbocycles. The molecule has 7 rings (SSSR count). The highest BCUT2D eigenvalue weighted by Crippen LogP contribution is 2.46. The van der Waals surface area contributed by atoms with E-state index in [-0.39, 0.29) is 29.8 Å². The first-order valence-electron chi connectivity index (χ1n) is 16.2. The second-order valence-electron chi connectivity index (χ2n) is 14.8. The van der Waals surface area contributed by atoms with Crippen molar-refractivity contribution in [3.63, 3.8) is 0 Å². The van der Waals surface area contributed by atoms with Crippen LogP contribution in [-0.4, -0.2) is 72.2 Å². The van der Waals surface area contributed by atoms with Crippen LogP contribution in [0.3, 0.4) is 0 Å². The van der Waals surface area contributed by atoms with Crippen molar-refractivity contribution in [2.24, 2.45) is 5.92 Å². The van der Waals surface area contributed by atoms with E-state index < -0.39 is 5.79 Å². The third-order valence-electron chi connectivity index (χ3n) is 9.87. The van der Waals surface area contributed by atoms with Crippen molar-refractivity contribution in [1.82, 2.24) is 29.5 Å². The van der Waals surface area contributed by atoms with Crippen LogP contribution in [0.15, 0.2) is 36.7 Å². The first-order valence-corrected chi connectivity index (χ1v) is 16.2. The minimum atomic E-state index is -0.675. The fraction of sp³-hybridized carbons (Fsp3) is 0.618. The average Bonchev–Trinajstić information content (AvgIpc) is 3.68. The van der Waals surface area contributed by atoms with Gasteiger partial charge in [-0.3, -0.25) is 4.90 Å². The van der Waals surface area contributed by atoms with Gasteiger partial charge in [0.05, 0.1) is 16.7 Å². The zero-order chi connectivity index (χ0) is 31.0. The summed E-state index contributed by atoms with van der Waals surface area (Å²) < 4.78 is 21.5. The maximum Gasteiger partial charge on any atom is 0.164 e. The van der Waals surface area contributed by atoms with Crippen LogP contribution in [0.4, 0.5) is 5.82 Å². The van der Waals surface area contributed by atoms with E-state index in [9.17, 15) is 0 Å². The van der Waals surface area contributed by atoms with Gasteiger partial charge in [0.1, 0.15) is 42.1 Å². The first kappa shape index (κ1) is 29.6. The Balaban J connectivity index is 1.00. The van der Waals surface area contributed by atoms with Crippen molar-refractivity contribution in [3.8, 4) is 0 Å². The van der Waals surface area contributed by atoms with Gasteiger partial charge in [-0.15, -0.1) is 0 Å². The second kappa shape index (κ2) is 10.8. The summed E-state index contributed by atoms with van der Waals surface area (Å²) in [5.74, 6) is 1.57. The summed E-state index contributed by atoms with van der Waals surface area (Å²) in [5.41, 5.74) is 11.4. The Labute approximate surface area is 259 Å². The minimum Gasteiger partial charge on any atom is -0.382 e. The first-order chi connectivity index (χ1) is 20.9. The van der Waals surface area contributed by atoms with E-state index in [4.69, 9.17) is 24.9 Å². The molecule has 10 heteroatoms. The van der Waals surface area contributed by atoms with Crippen LogP contribution in [0.5, 0.6) is 0 Å². The van der Waals surface area contributed by atoms with E-state index in [1.165, 1.54) is 24.7 Å². The highest BCUT2D eigenvalue weighted by atomic mass is 16.8. The number of anilines is 1. The molecular formula is C34H47N7O3. The molecule has 1 aliphatic carbocycles. The molecule has 4 aromatic rings. The maximum atomic E-state index is 6.78. The zero-order valence-electron chi connectivity index (χ0n) is 27.1. The lowest BCUT2D eigenvalue weighted by atomic mass is 9.76. The van der Waals surface area contributed by atoms with Gasteiger partial charge < -0.3 is 24.9 Å². The normalized spacial score (nSPS) is 28.4. The topological polar surface area (TPSA) is 116 Å². The molecule has 3 aromatic heterocycles. The molecule has 236 valence electrons. The molecule has 10 nitrogen and oxygen atoms in total. The Kier molecular flexibility index (Phi) is 7.27. The molecular weight excluding hydrogens is 554 g/mol. The third-order valence-corrected chi connectivity index (χ3v) is 9.87. The Hall–Kier alpha value is -3.05. The smallest absolute Gasteiger partial charge is 0.164 e. The van der Waals surface area contributed by atoms with Gasteiger partial charge in [0.25, 0.3) is 0 Å². The van der Waals surface area contributed by atoms with Gasteiger partial charge in [-0.1, -0.05) is 26.8 Å². The number of imidazole rings is 1. The molecule has 3 N–H and O–H groups in total. The Morgan fingerprint density at radius 2 is 1.89 bits per heavy atom. The van der Waals surface area contributed by atoms with Gasteiger partial charge in [-0.2, -0.15) is 5.10 Å². The molecule has 44 heavy (non-hydrogen) atoms. The summed E-state index contributed by atoms with van der Waals surface area (Å²) in [6.07, 6.45) is 5.18. The van der Waals surface area contributed by atoms with Crippen LogP contribution in [-0.2, 0) is 26.0 Å². The van der Waals surface area contributed by atoms with Crippen molar-refractivity contribution in [3.05, 3.63) is 53.7 Å². The van der Waals surface area contributed by atoms with Gasteiger partial charge in [0, 0.05) is 25.0 Å². The van der Waals surface area contributed by atoms with Crippen molar-refractivity contribution in [2.45, 2.75) is 122 Å². The molecule has 2 aliphatic heterocycles. The van der Waals surface area contributed by atoms with Gasteiger partial charge in [-0.05, 0) is 88.1 Å². The fourth-order valence-electron chi connectivity index (χ4n) is 7.44. The largest absolute Gasteiger partial charge is 0.382 e. The van der Waals surface area contributed by atoms with E-state index in [0.29, 0.717) is 23.8 Å². The number of H-pyrrole nitrogens is 1. The molecule has 5 heterocycles. The SMILES string of the molecule is CC(C)N(C[C@H]1O[C@@H](c2ccc3c(N)ncnn23)[C@@H]2OC(C)(C)O[C@@H]21)[C@H]1C[C@H](CCc2nc3cc(C(C)(C)C)ccc3[nH]2)C1. The molecule has 0 bridgehead atoms. The highest BCUT2D eigenvalue weighted by Gasteiger charge is 2.57. The van der Waals surface area contributed by atoms with Crippen LogP contribution in [0.1, 0.15) is 90.9 Å². The number of nitrogens with one attached hydrogen (secondary N) is 1. The molecule has 0 spiro atoms.